The molecule has 0 radical (unpaired) electrons. The lowest BCUT2D eigenvalue weighted by molar-refractivity contribution is -0.136. The summed E-state index contributed by atoms with van der Waals surface area (Å²) in [5, 5.41) is 14.6. The van der Waals surface area contributed by atoms with Crippen LogP contribution in [0.4, 0.5) is 0 Å². The van der Waals surface area contributed by atoms with E-state index in [-0.39, 0.29) is 28.9 Å². The van der Waals surface area contributed by atoms with Crippen LogP contribution in [0, 0.1) is 4.77 Å². The predicted molar refractivity (Wildman–Crippen MR) is 50.6 cm³/mol. The van der Waals surface area contributed by atoms with Gasteiger partial charge in [0.1, 0.15) is 5.69 Å². The molecule has 0 aliphatic rings. The second kappa shape index (κ2) is 4.14. The number of H-pyrrole nitrogens is 1. The Balaban J connectivity index is 3.01. The van der Waals surface area contributed by atoms with E-state index < -0.39 is 5.97 Å². The molecule has 0 atom stereocenters. The van der Waals surface area contributed by atoms with Gasteiger partial charge in [-0.15, -0.1) is 0 Å². The number of carbonyl (C=O) groups is 1. The molecule has 0 unspecified atom stereocenters. The number of rotatable bonds is 3. The zero-order chi connectivity index (χ0) is 10.7. The highest BCUT2D eigenvalue weighted by atomic mass is 32.1. The van der Waals surface area contributed by atoms with Crippen LogP contribution in [0.3, 0.4) is 0 Å². The van der Waals surface area contributed by atoms with E-state index in [2.05, 4.69) is 10.2 Å². The normalized spacial score (nSPS) is 10.1. The number of nitrogens with zero attached hydrogens (tertiary/aromatic N) is 2. The first-order valence-corrected chi connectivity index (χ1v) is 4.29. The Hall–Kier alpha value is -1.50. The number of aromatic amines is 1. The van der Waals surface area contributed by atoms with Crippen LogP contribution in [0.5, 0.6) is 0 Å². The van der Waals surface area contributed by atoms with Crippen LogP contribution in [-0.4, -0.2) is 25.8 Å². The van der Waals surface area contributed by atoms with Crippen molar-refractivity contribution >= 4 is 18.2 Å². The molecule has 0 saturated heterocycles. The van der Waals surface area contributed by atoms with Crippen LogP contribution in [0.1, 0.15) is 12.1 Å². The molecule has 0 fully saturated rings. The van der Waals surface area contributed by atoms with Gasteiger partial charge in [-0.25, -0.2) is 0 Å². The molecule has 1 rings (SSSR count). The topological polar surface area (TPSA) is 88.0 Å². The van der Waals surface area contributed by atoms with Crippen LogP contribution >= 0.6 is 12.2 Å². The smallest absolute Gasteiger partial charge is 0.303 e. The molecule has 7 heteroatoms. The largest absolute Gasteiger partial charge is 0.481 e. The van der Waals surface area contributed by atoms with Crippen molar-refractivity contribution in [3.63, 3.8) is 0 Å². The van der Waals surface area contributed by atoms with Gasteiger partial charge >= 0.3 is 5.97 Å². The monoisotopic (exact) mass is 215 g/mol. The minimum Gasteiger partial charge on any atom is -0.481 e. The lowest BCUT2D eigenvalue weighted by atomic mass is 10.2. The number of hydrogen-bond donors (Lipinski definition) is 2. The Morgan fingerprint density at radius 1 is 1.71 bits per heavy atom. The summed E-state index contributed by atoms with van der Waals surface area (Å²) in [4.78, 5) is 21.7. The molecular weight excluding hydrogens is 206 g/mol. The Morgan fingerprint density at radius 3 is 2.93 bits per heavy atom. The van der Waals surface area contributed by atoms with E-state index in [1.165, 1.54) is 11.6 Å². The maximum absolute atomic E-state index is 11.4. The molecule has 2 N–H and O–H groups in total. The lowest BCUT2D eigenvalue weighted by Gasteiger charge is -2.00. The molecule has 1 aromatic rings. The highest BCUT2D eigenvalue weighted by Gasteiger charge is 2.06. The lowest BCUT2D eigenvalue weighted by Crippen LogP contribution is -2.25. The number of aryl methyl sites for hydroxylation is 1. The van der Waals surface area contributed by atoms with E-state index in [1.54, 1.807) is 0 Å². The van der Waals surface area contributed by atoms with E-state index in [0.717, 1.165) is 0 Å². The van der Waals surface area contributed by atoms with Gasteiger partial charge in [0, 0.05) is 13.5 Å². The van der Waals surface area contributed by atoms with Gasteiger partial charge in [-0.1, -0.05) is 0 Å². The average molecular weight is 215 g/mol. The van der Waals surface area contributed by atoms with Crippen LogP contribution in [-0.2, 0) is 18.3 Å². The number of aliphatic carboxylic acids is 1. The predicted octanol–water partition coefficient (Wildman–Crippen LogP) is -0.145. The number of carboxylic acids is 1. The van der Waals surface area contributed by atoms with Gasteiger partial charge in [0.15, 0.2) is 4.77 Å². The third kappa shape index (κ3) is 2.25. The second-order valence-electron chi connectivity index (χ2n) is 2.73. The highest BCUT2D eigenvalue weighted by Crippen LogP contribution is 1.91. The fourth-order valence-corrected chi connectivity index (χ4v) is 1.04. The molecule has 0 bridgehead atoms. The van der Waals surface area contributed by atoms with Crippen LogP contribution in [0.25, 0.3) is 0 Å². The third-order valence-electron chi connectivity index (χ3n) is 1.72. The molecule has 1 heterocycles. The zero-order valence-corrected chi connectivity index (χ0v) is 8.30. The zero-order valence-electron chi connectivity index (χ0n) is 7.48. The number of aromatic nitrogens is 3. The van der Waals surface area contributed by atoms with Crippen LogP contribution in [0.2, 0.25) is 0 Å². The van der Waals surface area contributed by atoms with E-state index in [4.69, 9.17) is 17.3 Å². The fourth-order valence-electron chi connectivity index (χ4n) is 0.912. The summed E-state index contributed by atoms with van der Waals surface area (Å²) in [5.41, 5.74) is -0.168. The minimum absolute atomic E-state index is 0.105. The van der Waals surface area contributed by atoms with Gasteiger partial charge in [-0.05, 0) is 12.2 Å². The number of hydrogen-bond acceptors (Lipinski definition) is 4. The second-order valence-corrected chi connectivity index (χ2v) is 3.12. The first-order valence-electron chi connectivity index (χ1n) is 3.88. The average Bonchev–Trinajstić information content (AvgIpc) is 2.13. The van der Waals surface area contributed by atoms with Crippen LogP contribution in [0.15, 0.2) is 4.79 Å². The van der Waals surface area contributed by atoms with Crippen molar-refractivity contribution in [3.8, 4) is 0 Å². The van der Waals surface area contributed by atoms with Crippen molar-refractivity contribution in [2.24, 2.45) is 7.05 Å². The maximum Gasteiger partial charge on any atom is 0.303 e. The number of carboxylic acid groups (broad SMARTS) is 1. The molecule has 76 valence electrons. The van der Waals surface area contributed by atoms with Crippen molar-refractivity contribution in [3.05, 3.63) is 20.8 Å². The molecule has 0 aromatic carbocycles. The fraction of sp³-hybridized carbons (Fsp3) is 0.429. The third-order valence-corrected chi connectivity index (χ3v) is 2.08. The molecule has 0 saturated carbocycles. The highest BCUT2D eigenvalue weighted by molar-refractivity contribution is 7.71. The van der Waals surface area contributed by atoms with Crippen molar-refractivity contribution in [2.75, 3.05) is 0 Å². The summed E-state index contributed by atoms with van der Waals surface area (Å²) >= 11 is 4.76. The van der Waals surface area contributed by atoms with Gasteiger partial charge in [0.05, 0.1) is 6.42 Å². The first kappa shape index (κ1) is 10.6. The molecular formula is C7H9N3O3S. The Bertz CT molecular complexity index is 462. The summed E-state index contributed by atoms with van der Waals surface area (Å²) in [6.07, 6.45) is -0.0129. The van der Waals surface area contributed by atoms with Crippen molar-refractivity contribution < 1.29 is 9.90 Å². The van der Waals surface area contributed by atoms with E-state index in [9.17, 15) is 9.59 Å². The van der Waals surface area contributed by atoms with Crippen LogP contribution < -0.4 is 5.56 Å². The van der Waals surface area contributed by atoms with Crippen molar-refractivity contribution in [2.45, 2.75) is 12.8 Å². The summed E-state index contributed by atoms with van der Waals surface area (Å²) in [7, 11) is 1.51. The standard InChI is InChI=1S/C7H9N3O3S/c1-10-6(13)4(2-3-5(11)12)8-9-7(10)14/h2-3H2,1H3,(H,9,14)(H,11,12). The molecule has 14 heavy (non-hydrogen) atoms. The molecule has 0 aliphatic carbocycles. The van der Waals surface area contributed by atoms with Gasteiger partial charge in [-0.3, -0.25) is 19.3 Å². The molecule has 1 aromatic heterocycles. The Kier molecular flexibility index (Phi) is 3.13. The maximum atomic E-state index is 11.4. The summed E-state index contributed by atoms with van der Waals surface area (Å²) < 4.78 is 1.44. The Morgan fingerprint density at radius 2 is 2.36 bits per heavy atom. The van der Waals surface area contributed by atoms with Gasteiger partial charge < -0.3 is 5.11 Å². The molecule has 6 nitrogen and oxygen atoms in total. The van der Waals surface area contributed by atoms with E-state index >= 15 is 0 Å². The summed E-state index contributed by atoms with van der Waals surface area (Å²) in [6, 6.07) is 0. The Labute approximate surface area is 84.2 Å². The van der Waals surface area contributed by atoms with Gasteiger partial charge in [-0.2, -0.15) is 5.10 Å². The number of nitrogens with one attached hydrogen (secondary N) is 1. The summed E-state index contributed by atoms with van der Waals surface area (Å²) in [5.74, 6) is -0.962. The SMILES string of the molecule is Cn1c(=S)[nH]nc(CCC(=O)O)c1=O. The van der Waals surface area contributed by atoms with Crippen molar-refractivity contribution in [1.29, 1.82) is 0 Å². The first-order chi connectivity index (χ1) is 6.52. The van der Waals surface area contributed by atoms with Crippen molar-refractivity contribution in [1.82, 2.24) is 14.8 Å². The molecule has 0 amide bonds. The molecule has 0 spiro atoms. The van der Waals surface area contributed by atoms with Gasteiger partial charge in [0.25, 0.3) is 5.56 Å². The van der Waals surface area contributed by atoms with E-state index in [1.807, 2.05) is 0 Å². The minimum atomic E-state index is -0.962. The quantitative estimate of drug-likeness (QED) is 0.685. The summed E-state index contributed by atoms with van der Waals surface area (Å²) in [6.45, 7) is 0. The van der Waals surface area contributed by atoms with Gasteiger partial charge in [0.2, 0.25) is 0 Å². The molecule has 0 aliphatic heterocycles. The van der Waals surface area contributed by atoms with E-state index in [0.29, 0.717) is 0 Å².